The lowest BCUT2D eigenvalue weighted by Crippen LogP contribution is -2.31. The van der Waals surface area contributed by atoms with Crippen LogP contribution >= 0.6 is 11.8 Å². The Balaban J connectivity index is 1.18. The molecule has 0 atom stereocenters. The molecular formula is C54H33N3S. The molecule has 0 amide bonds. The van der Waals surface area contributed by atoms with Gasteiger partial charge in [0.15, 0.2) is 5.82 Å². The second-order valence-electron chi connectivity index (χ2n) is 14.8. The normalized spacial score (nSPS) is 12.9. The first-order chi connectivity index (χ1) is 28.7. The lowest BCUT2D eigenvalue weighted by atomic mass is 9.67. The molecule has 0 N–H and O–H groups in total. The van der Waals surface area contributed by atoms with Crippen molar-refractivity contribution in [2.45, 2.75) is 15.2 Å². The van der Waals surface area contributed by atoms with Crippen LogP contribution in [0.25, 0.3) is 67.3 Å². The third-order valence-corrected chi connectivity index (χ3v) is 12.7. The summed E-state index contributed by atoms with van der Waals surface area (Å²) >= 11 is 1.85. The zero-order chi connectivity index (χ0) is 38.6. The van der Waals surface area contributed by atoms with Crippen molar-refractivity contribution in [3.63, 3.8) is 0 Å². The van der Waals surface area contributed by atoms with E-state index in [2.05, 4.69) is 152 Å². The van der Waals surface area contributed by atoms with Gasteiger partial charge in [0.2, 0.25) is 0 Å². The van der Waals surface area contributed by atoms with Crippen molar-refractivity contribution in [1.82, 2.24) is 9.97 Å². The fourth-order valence-electron chi connectivity index (χ4n) is 9.14. The van der Waals surface area contributed by atoms with E-state index in [-0.39, 0.29) is 0 Å². The zero-order valence-electron chi connectivity index (χ0n) is 31.3. The molecule has 4 heteroatoms. The fourth-order valence-corrected chi connectivity index (χ4v) is 10.3. The highest BCUT2D eigenvalue weighted by atomic mass is 32.2. The minimum Gasteiger partial charge on any atom is -0.228 e. The van der Waals surface area contributed by atoms with E-state index in [0.717, 1.165) is 50.3 Å². The highest BCUT2D eigenvalue weighted by molar-refractivity contribution is 7.99. The predicted molar refractivity (Wildman–Crippen MR) is 235 cm³/mol. The van der Waals surface area contributed by atoms with Crippen LogP contribution in [0.4, 0.5) is 0 Å². The van der Waals surface area contributed by atoms with Crippen molar-refractivity contribution in [2.24, 2.45) is 0 Å². The number of nitrogens with zero attached hydrogens (tertiary/aromatic N) is 3. The van der Waals surface area contributed by atoms with Crippen molar-refractivity contribution >= 4 is 11.8 Å². The maximum Gasteiger partial charge on any atom is 0.160 e. The van der Waals surface area contributed by atoms with Crippen molar-refractivity contribution in [3.05, 3.63) is 228 Å². The highest BCUT2D eigenvalue weighted by Gasteiger charge is 2.51. The van der Waals surface area contributed by atoms with E-state index >= 15 is 0 Å². The van der Waals surface area contributed by atoms with Gasteiger partial charge in [0.05, 0.1) is 28.4 Å². The quantitative estimate of drug-likeness (QED) is 0.175. The van der Waals surface area contributed by atoms with E-state index < -0.39 is 5.41 Å². The van der Waals surface area contributed by atoms with Crippen LogP contribution in [0.5, 0.6) is 0 Å². The molecule has 0 unspecified atom stereocenters. The van der Waals surface area contributed by atoms with Gasteiger partial charge in [-0.25, -0.2) is 9.97 Å². The largest absolute Gasteiger partial charge is 0.228 e. The summed E-state index contributed by atoms with van der Waals surface area (Å²) in [5, 5.41) is 9.99. The summed E-state index contributed by atoms with van der Waals surface area (Å²) in [4.78, 5) is 12.8. The fraction of sp³-hybridized carbons (Fsp3) is 0.0185. The summed E-state index contributed by atoms with van der Waals surface area (Å²) in [6.07, 6.45) is 0. The average molecular weight is 756 g/mol. The average Bonchev–Trinajstić information content (AvgIpc) is 3.60. The van der Waals surface area contributed by atoms with Gasteiger partial charge < -0.3 is 0 Å². The Kier molecular flexibility index (Phi) is 8.03. The van der Waals surface area contributed by atoms with Crippen LogP contribution in [0.2, 0.25) is 0 Å². The molecular weight excluding hydrogens is 723 g/mol. The van der Waals surface area contributed by atoms with E-state index in [4.69, 9.17) is 9.97 Å². The summed E-state index contributed by atoms with van der Waals surface area (Å²) in [6, 6.07) is 73.2. The molecule has 0 fully saturated rings. The Morgan fingerprint density at radius 1 is 0.397 bits per heavy atom. The molecule has 2 aliphatic rings. The predicted octanol–water partition coefficient (Wildman–Crippen LogP) is 13.5. The van der Waals surface area contributed by atoms with Gasteiger partial charge in [0.25, 0.3) is 0 Å². The van der Waals surface area contributed by atoms with E-state index in [1.807, 2.05) is 66.4 Å². The van der Waals surface area contributed by atoms with E-state index in [0.29, 0.717) is 11.4 Å². The van der Waals surface area contributed by atoms with Crippen LogP contribution in [-0.4, -0.2) is 9.97 Å². The molecule has 3 nitrogen and oxygen atoms in total. The first kappa shape index (κ1) is 34.0. The lowest BCUT2D eigenvalue weighted by Gasteiger charge is -2.39. The Hall–Kier alpha value is -7.32. The molecule has 1 aliphatic heterocycles. The second-order valence-corrected chi connectivity index (χ2v) is 15.9. The van der Waals surface area contributed by atoms with E-state index in [9.17, 15) is 5.26 Å². The molecule has 0 bridgehead atoms. The van der Waals surface area contributed by atoms with Crippen molar-refractivity contribution < 1.29 is 0 Å². The number of hydrogen-bond acceptors (Lipinski definition) is 4. The minimum absolute atomic E-state index is 0.554. The molecule has 1 aromatic heterocycles. The summed E-state index contributed by atoms with van der Waals surface area (Å²) in [6.45, 7) is 0. The first-order valence-corrected chi connectivity index (χ1v) is 20.3. The minimum atomic E-state index is -0.554. The molecule has 9 aromatic rings. The van der Waals surface area contributed by atoms with Crippen molar-refractivity contribution in [3.8, 4) is 73.4 Å². The number of aromatic nitrogens is 2. The van der Waals surface area contributed by atoms with E-state index in [1.165, 1.54) is 43.2 Å². The maximum absolute atomic E-state index is 9.99. The van der Waals surface area contributed by atoms with Crippen molar-refractivity contribution in [1.29, 1.82) is 5.26 Å². The highest BCUT2D eigenvalue weighted by Crippen LogP contribution is 2.64. The van der Waals surface area contributed by atoms with Gasteiger partial charge in [-0.3, -0.25) is 0 Å². The number of fused-ring (bicyclic) bond motifs is 9. The molecule has 11 rings (SSSR count). The number of hydrogen-bond donors (Lipinski definition) is 0. The third-order valence-electron chi connectivity index (χ3n) is 11.6. The van der Waals surface area contributed by atoms with Crippen LogP contribution < -0.4 is 0 Å². The molecule has 270 valence electrons. The molecule has 2 heterocycles. The lowest BCUT2D eigenvalue weighted by molar-refractivity contribution is 0.722. The molecule has 0 radical (unpaired) electrons. The van der Waals surface area contributed by atoms with Crippen LogP contribution in [0.1, 0.15) is 27.8 Å². The molecule has 58 heavy (non-hydrogen) atoms. The summed E-state index contributed by atoms with van der Waals surface area (Å²) < 4.78 is 0. The monoisotopic (exact) mass is 755 g/mol. The van der Waals surface area contributed by atoms with Gasteiger partial charge in [-0.05, 0) is 92.0 Å². The molecule has 1 spiro atoms. The second kappa shape index (κ2) is 13.7. The van der Waals surface area contributed by atoms with Crippen molar-refractivity contribution in [2.75, 3.05) is 0 Å². The Labute approximate surface area is 342 Å². The Bertz CT molecular complexity index is 3010. The van der Waals surface area contributed by atoms with E-state index in [1.54, 1.807) is 0 Å². The van der Waals surface area contributed by atoms with Gasteiger partial charge in [-0.2, -0.15) is 5.26 Å². The molecule has 0 saturated carbocycles. The van der Waals surface area contributed by atoms with Gasteiger partial charge in [0, 0.05) is 26.5 Å². The SMILES string of the molecule is N#Cc1cccc(-c2cccc3c2-c2c(-c4cccc(-c5cc(-c6ccccc6)nc(-c6ccccc6)n5)c4)cccc2C32c3ccccc3Sc3ccccc32)c1. The number of rotatable bonds is 5. The molecule has 1 aliphatic carbocycles. The van der Waals surface area contributed by atoms with Gasteiger partial charge in [-0.1, -0.05) is 176 Å². The third kappa shape index (κ3) is 5.29. The standard InChI is InChI=1S/C54H33N3S/c55-34-35-15-11-20-38(31-35)41-23-13-27-45-51(41)52-42(24-14-28-46(52)54(45)43-25-7-9-29-49(43)58-50-30-10-8-26-44(50)54)39-21-12-22-40(32-39)48-33-47(36-16-3-1-4-17-36)56-53(57-48)37-18-5-2-6-19-37/h1-33H. The summed E-state index contributed by atoms with van der Waals surface area (Å²) in [7, 11) is 0. The molecule has 0 saturated heterocycles. The van der Waals surface area contributed by atoms with Crippen LogP contribution in [0.15, 0.2) is 210 Å². The maximum atomic E-state index is 9.99. The Morgan fingerprint density at radius 2 is 0.862 bits per heavy atom. The van der Waals surface area contributed by atoms with Gasteiger partial charge >= 0.3 is 0 Å². The van der Waals surface area contributed by atoms with Gasteiger partial charge in [-0.15, -0.1) is 0 Å². The van der Waals surface area contributed by atoms with Gasteiger partial charge in [0.1, 0.15) is 0 Å². The van der Waals surface area contributed by atoms with Crippen LogP contribution in [-0.2, 0) is 5.41 Å². The first-order valence-electron chi connectivity index (χ1n) is 19.5. The topological polar surface area (TPSA) is 49.6 Å². The number of benzene rings is 8. The summed E-state index contributed by atoms with van der Waals surface area (Å²) in [5.41, 5.74) is 16.7. The zero-order valence-corrected chi connectivity index (χ0v) is 32.1. The smallest absolute Gasteiger partial charge is 0.160 e. The molecule has 8 aromatic carbocycles. The van der Waals surface area contributed by atoms with Crippen LogP contribution in [0.3, 0.4) is 0 Å². The summed E-state index contributed by atoms with van der Waals surface area (Å²) in [5.74, 6) is 0.690. The number of nitriles is 1. The Morgan fingerprint density at radius 3 is 1.48 bits per heavy atom. The van der Waals surface area contributed by atoms with Crippen LogP contribution in [0, 0.1) is 11.3 Å².